The molecule has 0 aromatic carbocycles. The molecule has 0 saturated carbocycles. The van der Waals surface area contributed by atoms with Crippen molar-refractivity contribution in [2.75, 3.05) is 6.26 Å². The van der Waals surface area contributed by atoms with E-state index in [1.807, 2.05) is 11.8 Å². The molecule has 1 atom stereocenters. The summed E-state index contributed by atoms with van der Waals surface area (Å²) in [5, 5.41) is 0.669. The first kappa shape index (κ1) is 12.8. The molecule has 0 aliphatic carbocycles. The molecule has 0 aliphatic rings. The lowest BCUT2D eigenvalue weighted by Gasteiger charge is -2.09. The highest BCUT2D eigenvalue weighted by Gasteiger charge is 2.02. The predicted molar refractivity (Wildman–Crippen MR) is 65.4 cm³/mol. The lowest BCUT2D eigenvalue weighted by atomic mass is 10.1. The van der Waals surface area contributed by atoms with Crippen LogP contribution in [0.2, 0.25) is 0 Å². The van der Waals surface area contributed by atoms with Gasteiger partial charge in [0.05, 0.1) is 0 Å². The summed E-state index contributed by atoms with van der Waals surface area (Å²) in [6.45, 7) is 6.61. The van der Waals surface area contributed by atoms with Gasteiger partial charge in [0, 0.05) is 5.25 Å². The summed E-state index contributed by atoms with van der Waals surface area (Å²) in [4.78, 5) is 0. The van der Waals surface area contributed by atoms with Gasteiger partial charge in [-0.2, -0.15) is 11.8 Å². The van der Waals surface area contributed by atoms with Crippen LogP contribution in [0.25, 0.3) is 0 Å². The second-order valence-corrected chi connectivity index (χ2v) is 4.35. The Morgan fingerprint density at radius 3 is 2.46 bits per heavy atom. The van der Waals surface area contributed by atoms with E-state index < -0.39 is 0 Å². The van der Waals surface area contributed by atoms with Crippen LogP contribution in [0.3, 0.4) is 0 Å². The maximum absolute atomic E-state index is 2.33. The minimum absolute atomic E-state index is 0.669. The standard InChI is InChI=1S/C12H22S/c1-5-7-9-12(13-4)10-11(3)8-6-2/h7-9,12H,5-6,10H2,1-4H3. The van der Waals surface area contributed by atoms with Crippen molar-refractivity contribution in [3.05, 3.63) is 23.8 Å². The first-order valence-electron chi connectivity index (χ1n) is 5.09. The zero-order valence-corrected chi connectivity index (χ0v) is 10.2. The van der Waals surface area contributed by atoms with Crippen LogP contribution in [-0.4, -0.2) is 11.5 Å². The second kappa shape index (κ2) is 8.43. The molecule has 76 valence electrons. The molecule has 0 aliphatic heterocycles. The van der Waals surface area contributed by atoms with Crippen LogP contribution in [0.1, 0.15) is 40.0 Å². The third kappa shape index (κ3) is 6.94. The van der Waals surface area contributed by atoms with Crippen LogP contribution < -0.4 is 0 Å². The number of rotatable bonds is 6. The first-order valence-corrected chi connectivity index (χ1v) is 6.38. The van der Waals surface area contributed by atoms with Crippen LogP contribution in [-0.2, 0) is 0 Å². The van der Waals surface area contributed by atoms with E-state index in [9.17, 15) is 0 Å². The Bertz CT molecular complexity index is 168. The summed E-state index contributed by atoms with van der Waals surface area (Å²) in [7, 11) is 0. The van der Waals surface area contributed by atoms with Gasteiger partial charge < -0.3 is 0 Å². The molecule has 1 unspecified atom stereocenters. The average molecular weight is 198 g/mol. The molecule has 0 aromatic rings. The van der Waals surface area contributed by atoms with Crippen LogP contribution >= 0.6 is 11.8 Å². The van der Waals surface area contributed by atoms with Crippen LogP contribution in [0.4, 0.5) is 0 Å². The number of allylic oxidation sites excluding steroid dienone is 3. The maximum atomic E-state index is 2.33. The van der Waals surface area contributed by atoms with Gasteiger partial charge in [0.15, 0.2) is 0 Å². The highest BCUT2D eigenvalue weighted by molar-refractivity contribution is 7.99. The monoisotopic (exact) mass is 198 g/mol. The van der Waals surface area contributed by atoms with Gasteiger partial charge in [-0.15, -0.1) is 0 Å². The zero-order chi connectivity index (χ0) is 10.1. The molecule has 0 saturated heterocycles. The summed E-state index contributed by atoms with van der Waals surface area (Å²) in [5.74, 6) is 0. The third-order valence-corrected chi connectivity index (χ3v) is 2.89. The van der Waals surface area contributed by atoms with Crippen molar-refractivity contribution < 1.29 is 0 Å². The number of hydrogen-bond donors (Lipinski definition) is 0. The molecular formula is C12H22S. The highest BCUT2D eigenvalue weighted by Crippen LogP contribution is 2.18. The molecule has 0 bridgehead atoms. The fourth-order valence-electron chi connectivity index (χ4n) is 1.27. The van der Waals surface area contributed by atoms with E-state index in [-0.39, 0.29) is 0 Å². The van der Waals surface area contributed by atoms with Gasteiger partial charge in [-0.05, 0) is 32.4 Å². The normalized spacial score (nSPS) is 15.2. The molecular weight excluding hydrogens is 176 g/mol. The van der Waals surface area contributed by atoms with Gasteiger partial charge in [-0.3, -0.25) is 0 Å². The first-order chi connectivity index (χ1) is 6.24. The second-order valence-electron chi connectivity index (χ2n) is 3.27. The summed E-state index contributed by atoms with van der Waals surface area (Å²) in [6, 6.07) is 0. The Morgan fingerprint density at radius 1 is 1.31 bits per heavy atom. The summed E-state index contributed by atoms with van der Waals surface area (Å²) in [6.07, 6.45) is 12.6. The van der Waals surface area contributed by atoms with E-state index >= 15 is 0 Å². The minimum Gasteiger partial charge on any atom is -0.158 e. The van der Waals surface area contributed by atoms with Gasteiger partial charge in [0.1, 0.15) is 0 Å². The molecule has 0 radical (unpaired) electrons. The highest BCUT2D eigenvalue weighted by atomic mass is 32.2. The minimum atomic E-state index is 0.669. The molecule has 1 heteroatoms. The van der Waals surface area contributed by atoms with Crippen molar-refractivity contribution >= 4 is 11.8 Å². The van der Waals surface area contributed by atoms with Crippen molar-refractivity contribution in [3.8, 4) is 0 Å². The summed E-state index contributed by atoms with van der Waals surface area (Å²) in [5.41, 5.74) is 1.52. The summed E-state index contributed by atoms with van der Waals surface area (Å²) < 4.78 is 0. The summed E-state index contributed by atoms with van der Waals surface area (Å²) >= 11 is 1.94. The predicted octanol–water partition coefficient (Wildman–Crippen LogP) is 4.43. The Balaban J connectivity index is 3.97. The average Bonchev–Trinajstić information content (AvgIpc) is 2.12. The molecule has 0 fully saturated rings. The Kier molecular flexibility index (Phi) is 8.32. The van der Waals surface area contributed by atoms with Gasteiger partial charge in [-0.1, -0.05) is 37.6 Å². The Morgan fingerprint density at radius 2 is 2.00 bits per heavy atom. The molecule has 0 spiro atoms. The van der Waals surface area contributed by atoms with Crippen molar-refractivity contribution in [2.24, 2.45) is 0 Å². The topological polar surface area (TPSA) is 0 Å². The van der Waals surface area contributed by atoms with Crippen LogP contribution in [0.5, 0.6) is 0 Å². The van der Waals surface area contributed by atoms with Gasteiger partial charge >= 0.3 is 0 Å². The van der Waals surface area contributed by atoms with Crippen molar-refractivity contribution in [3.63, 3.8) is 0 Å². The zero-order valence-electron chi connectivity index (χ0n) is 9.34. The number of thioether (sulfide) groups is 1. The van der Waals surface area contributed by atoms with Crippen molar-refractivity contribution in [2.45, 2.75) is 45.3 Å². The van der Waals surface area contributed by atoms with Crippen molar-refractivity contribution in [1.82, 2.24) is 0 Å². The molecule has 0 aromatic heterocycles. The quantitative estimate of drug-likeness (QED) is 0.569. The molecule has 0 rings (SSSR count). The van der Waals surface area contributed by atoms with Gasteiger partial charge in [0.2, 0.25) is 0 Å². The fourth-order valence-corrected chi connectivity index (χ4v) is 1.96. The maximum Gasteiger partial charge on any atom is 0.0261 e. The van der Waals surface area contributed by atoms with E-state index in [4.69, 9.17) is 0 Å². The van der Waals surface area contributed by atoms with Gasteiger partial charge in [-0.25, -0.2) is 0 Å². The molecule has 0 nitrogen and oxygen atoms in total. The Hall–Kier alpha value is -0.170. The molecule has 0 N–H and O–H groups in total. The molecule has 0 amide bonds. The fraction of sp³-hybridized carbons (Fsp3) is 0.667. The van der Waals surface area contributed by atoms with E-state index in [1.165, 1.54) is 12.0 Å². The van der Waals surface area contributed by atoms with E-state index in [1.54, 1.807) is 0 Å². The van der Waals surface area contributed by atoms with E-state index in [0.29, 0.717) is 5.25 Å². The molecule has 13 heavy (non-hydrogen) atoms. The van der Waals surface area contributed by atoms with E-state index in [2.05, 4.69) is 45.3 Å². The number of hydrogen-bond acceptors (Lipinski definition) is 1. The van der Waals surface area contributed by atoms with E-state index in [0.717, 1.165) is 12.8 Å². The van der Waals surface area contributed by atoms with Gasteiger partial charge in [0.25, 0.3) is 0 Å². The lowest BCUT2D eigenvalue weighted by molar-refractivity contribution is 0.972. The van der Waals surface area contributed by atoms with Crippen molar-refractivity contribution in [1.29, 1.82) is 0 Å². The SMILES string of the molecule is CCC=CC(CC(C)=CCC)SC. The lowest BCUT2D eigenvalue weighted by Crippen LogP contribution is -1.97. The van der Waals surface area contributed by atoms with Crippen LogP contribution in [0.15, 0.2) is 23.8 Å². The largest absolute Gasteiger partial charge is 0.158 e. The van der Waals surface area contributed by atoms with Crippen LogP contribution in [0, 0.1) is 0 Å². The smallest absolute Gasteiger partial charge is 0.0261 e. The molecule has 0 heterocycles. The third-order valence-electron chi connectivity index (χ3n) is 1.96. The Labute approximate surface area is 87.5 Å².